The summed E-state index contributed by atoms with van der Waals surface area (Å²) >= 11 is 6.02. The number of halogens is 1. The van der Waals surface area contributed by atoms with Gasteiger partial charge >= 0.3 is 6.03 Å². The van der Waals surface area contributed by atoms with E-state index in [0.29, 0.717) is 0 Å². The lowest BCUT2D eigenvalue weighted by atomic mass is 9.96. The first-order chi connectivity index (χ1) is 13.7. The Bertz CT molecular complexity index is 894. The first-order valence-corrected chi connectivity index (χ1v) is 11.5. The monoisotopic (exact) mass is 444 g/mol. The molecule has 3 rings (SSSR count). The minimum Gasteiger partial charge on any atom is -0.335 e. The van der Waals surface area contributed by atoms with Gasteiger partial charge in [0.15, 0.2) is 0 Å². The summed E-state index contributed by atoms with van der Waals surface area (Å²) in [5.74, 6) is 0. The van der Waals surface area contributed by atoms with Gasteiger partial charge in [0.1, 0.15) is 0 Å². The fraction of sp³-hybridized carbons (Fsp3) is 0.611. The maximum Gasteiger partial charge on any atom is 0.317 e. The van der Waals surface area contributed by atoms with E-state index < -0.39 is 14.9 Å². The van der Waals surface area contributed by atoms with Crippen molar-refractivity contribution in [3.8, 4) is 0 Å². The van der Waals surface area contributed by atoms with Crippen LogP contribution >= 0.6 is 11.6 Å². The average molecular weight is 445 g/mol. The fourth-order valence-electron chi connectivity index (χ4n) is 3.77. The van der Waals surface area contributed by atoms with E-state index in [1.165, 1.54) is 23.7 Å². The number of piperazine rings is 1. The van der Waals surface area contributed by atoms with Crippen molar-refractivity contribution in [3.05, 3.63) is 32.8 Å². The van der Waals surface area contributed by atoms with Crippen molar-refractivity contribution in [3.63, 3.8) is 0 Å². The normalized spacial score (nSPS) is 19.2. The lowest BCUT2D eigenvalue weighted by Crippen LogP contribution is -2.54. The number of amides is 2. The third-order valence-electron chi connectivity index (χ3n) is 5.58. The van der Waals surface area contributed by atoms with Gasteiger partial charge in [-0.25, -0.2) is 13.2 Å². The van der Waals surface area contributed by atoms with Gasteiger partial charge in [-0.2, -0.15) is 4.31 Å². The van der Waals surface area contributed by atoms with Crippen LogP contribution in [0.3, 0.4) is 0 Å². The van der Waals surface area contributed by atoms with Gasteiger partial charge in [0.25, 0.3) is 5.69 Å². The molecular formula is C18H25ClN4O5S. The Balaban J connectivity index is 1.67. The standard InChI is InChI=1S/C18H25ClN4O5S/c1-13-16(19)11-15(12-17(13)23(25)26)29(27,28)22-9-7-21(8-10-22)18(24)20-14-5-3-2-4-6-14/h11-12,14H,2-10H2,1H3,(H,20,24). The number of benzene rings is 1. The summed E-state index contributed by atoms with van der Waals surface area (Å²) in [6.45, 7) is 2.25. The highest BCUT2D eigenvalue weighted by molar-refractivity contribution is 7.89. The van der Waals surface area contributed by atoms with E-state index >= 15 is 0 Å². The van der Waals surface area contributed by atoms with Gasteiger partial charge in [-0.1, -0.05) is 30.9 Å². The maximum atomic E-state index is 12.9. The number of carbonyl (C=O) groups excluding carboxylic acids is 1. The molecule has 0 aromatic heterocycles. The third kappa shape index (κ3) is 4.81. The Morgan fingerprint density at radius 1 is 1.17 bits per heavy atom. The number of hydrogen-bond donors (Lipinski definition) is 1. The molecule has 1 saturated heterocycles. The molecule has 0 unspecified atom stereocenters. The summed E-state index contributed by atoms with van der Waals surface area (Å²) in [6.07, 6.45) is 5.38. The van der Waals surface area contributed by atoms with Gasteiger partial charge < -0.3 is 10.2 Å². The second-order valence-corrected chi connectivity index (χ2v) is 9.83. The van der Waals surface area contributed by atoms with Gasteiger partial charge in [-0.3, -0.25) is 10.1 Å². The van der Waals surface area contributed by atoms with Gasteiger partial charge in [-0.05, 0) is 25.8 Å². The van der Waals surface area contributed by atoms with E-state index in [1.807, 2.05) is 0 Å². The Kier molecular flexibility index (Phi) is 6.65. The molecule has 9 nitrogen and oxygen atoms in total. The molecule has 0 bridgehead atoms. The van der Waals surface area contributed by atoms with E-state index in [9.17, 15) is 23.3 Å². The minimum absolute atomic E-state index is 0.0308. The van der Waals surface area contributed by atoms with Crippen LogP contribution in [-0.2, 0) is 10.0 Å². The topological polar surface area (TPSA) is 113 Å². The largest absolute Gasteiger partial charge is 0.335 e. The Morgan fingerprint density at radius 3 is 2.38 bits per heavy atom. The second-order valence-electron chi connectivity index (χ2n) is 7.48. The molecule has 160 valence electrons. The Labute approximate surface area is 175 Å². The lowest BCUT2D eigenvalue weighted by Gasteiger charge is -2.35. The number of hydrogen-bond acceptors (Lipinski definition) is 5. The number of carbonyl (C=O) groups is 1. The summed E-state index contributed by atoms with van der Waals surface area (Å²) in [6, 6.07) is 2.30. The van der Waals surface area contributed by atoms with Crippen LogP contribution in [0.2, 0.25) is 5.02 Å². The number of nitro groups is 1. The summed E-state index contributed by atoms with van der Waals surface area (Å²) in [5.41, 5.74) is -0.110. The van der Waals surface area contributed by atoms with Gasteiger partial charge in [0.05, 0.1) is 14.8 Å². The van der Waals surface area contributed by atoms with Crippen LogP contribution in [0.25, 0.3) is 0 Å². The molecule has 1 aromatic carbocycles. The minimum atomic E-state index is -3.95. The van der Waals surface area contributed by atoms with Gasteiger partial charge in [-0.15, -0.1) is 0 Å². The van der Waals surface area contributed by atoms with Crippen LogP contribution in [0.4, 0.5) is 10.5 Å². The summed E-state index contributed by atoms with van der Waals surface area (Å²) in [7, 11) is -3.95. The zero-order chi connectivity index (χ0) is 21.2. The van der Waals surface area contributed by atoms with E-state index in [0.717, 1.165) is 31.7 Å². The predicted octanol–water partition coefficient (Wildman–Crippen LogP) is 2.91. The molecule has 1 heterocycles. The molecule has 2 fully saturated rings. The van der Waals surface area contributed by atoms with Crippen molar-refractivity contribution in [1.29, 1.82) is 0 Å². The average Bonchev–Trinajstić information content (AvgIpc) is 2.70. The number of sulfonamides is 1. The van der Waals surface area contributed by atoms with Crippen molar-refractivity contribution < 1.29 is 18.1 Å². The van der Waals surface area contributed by atoms with Crippen molar-refractivity contribution >= 4 is 33.3 Å². The molecular weight excluding hydrogens is 420 g/mol. The summed E-state index contributed by atoms with van der Waals surface area (Å²) in [4.78, 5) is 24.4. The van der Waals surface area contributed by atoms with Crippen molar-refractivity contribution in [2.75, 3.05) is 26.2 Å². The van der Waals surface area contributed by atoms with Crippen LogP contribution in [0.5, 0.6) is 0 Å². The molecule has 2 aliphatic rings. The molecule has 0 radical (unpaired) electrons. The van der Waals surface area contributed by atoms with Crippen LogP contribution in [0.15, 0.2) is 17.0 Å². The van der Waals surface area contributed by atoms with Crippen LogP contribution in [-0.4, -0.2) is 60.8 Å². The predicted molar refractivity (Wildman–Crippen MR) is 109 cm³/mol. The first kappa shape index (κ1) is 21.8. The van der Waals surface area contributed by atoms with E-state index in [-0.39, 0.29) is 59.4 Å². The lowest BCUT2D eigenvalue weighted by molar-refractivity contribution is -0.385. The molecule has 0 spiro atoms. The number of rotatable bonds is 4. The van der Waals surface area contributed by atoms with Crippen LogP contribution < -0.4 is 5.32 Å². The summed E-state index contributed by atoms with van der Waals surface area (Å²) in [5, 5.41) is 14.3. The highest BCUT2D eigenvalue weighted by Gasteiger charge is 2.32. The van der Waals surface area contributed by atoms with Crippen molar-refractivity contribution in [2.24, 2.45) is 0 Å². The molecule has 0 atom stereocenters. The van der Waals surface area contributed by atoms with Crippen molar-refractivity contribution in [1.82, 2.24) is 14.5 Å². The number of nitrogens with zero attached hydrogens (tertiary/aromatic N) is 3. The molecule has 1 saturated carbocycles. The molecule has 29 heavy (non-hydrogen) atoms. The summed E-state index contributed by atoms with van der Waals surface area (Å²) < 4.78 is 27.1. The first-order valence-electron chi connectivity index (χ1n) is 9.70. The third-order valence-corrected chi connectivity index (χ3v) is 7.85. The van der Waals surface area contributed by atoms with E-state index in [2.05, 4.69) is 5.32 Å². The van der Waals surface area contributed by atoms with E-state index in [1.54, 1.807) is 4.90 Å². The molecule has 2 amide bonds. The number of nitrogens with one attached hydrogen (secondary N) is 1. The molecule has 1 aliphatic heterocycles. The highest BCUT2D eigenvalue weighted by atomic mass is 35.5. The maximum absolute atomic E-state index is 12.9. The second kappa shape index (κ2) is 8.85. The SMILES string of the molecule is Cc1c(Cl)cc(S(=O)(=O)N2CCN(C(=O)NC3CCCCC3)CC2)cc1[N+](=O)[O-]. The number of urea groups is 1. The van der Waals surface area contributed by atoms with Gasteiger partial charge in [0.2, 0.25) is 10.0 Å². The van der Waals surface area contributed by atoms with Crippen LogP contribution in [0.1, 0.15) is 37.7 Å². The number of nitro benzene ring substituents is 1. The smallest absolute Gasteiger partial charge is 0.317 e. The Hall–Kier alpha value is -1.91. The van der Waals surface area contributed by atoms with Crippen LogP contribution in [0, 0.1) is 17.0 Å². The van der Waals surface area contributed by atoms with E-state index in [4.69, 9.17) is 11.6 Å². The Morgan fingerprint density at radius 2 is 1.79 bits per heavy atom. The molecule has 1 aromatic rings. The molecule has 1 N–H and O–H groups in total. The zero-order valence-corrected chi connectivity index (χ0v) is 17.8. The fourth-order valence-corrected chi connectivity index (χ4v) is 5.52. The molecule has 1 aliphatic carbocycles. The van der Waals surface area contributed by atoms with Gasteiger partial charge in [0, 0.05) is 43.9 Å². The van der Waals surface area contributed by atoms with Crippen molar-refractivity contribution in [2.45, 2.75) is 50.0 Å². The quantitative estimate of drug-likeness (QED) is 0.566. The molecule has 11 heteroatoms. The highest BCUT2D eigenvalue weighted by Crippen LogP contribution is 2.31. The zero-order valence-electron chi connectivity index (χ0n) is 16.3.